The van der Waals surface area contributed by atoms with Gasteiger partial charge in [0.25, 0.3) is 0 Å². The van der Waals surface area contributed by atoms with Gasteiger partial charge in [0.15, 0.2) is 9.84 Å². The summed E-state index contributed by atoms with van der Waals surface area (Å²) in [4.78, 5) is 12.2. The summed E-state index contributed by atoms with van der Waals surface area (Å²) >= 11 is 0. The van der Waals surface area contributed by atoms with E-state index in [9.17, 15) is 13.2 Å². The molecule has 6 nitrogen and oxygen atoms in total. The van der Waals surface area contributed by atoms with Gasteiger partial charge in [-0.2, -0.15) is 5.10 Å². The molecule has 0 spiro atoms. The summed E-state index contributed by atoms with van der Waals surface area (Å²) in [7, 11) is -3.05. The lowest BCUT2D eigenvalue weighted by molar-refractivity contribution is -0.124. The third kappa shape index (κ3) is 4.10. The highest BCUT2D eigenvalue weighted by Gasteiger charge is 2.32. The number of benzene rings is 1. The highest BCUT2D eigenvalue weighted by atomic mass is 32.2. The summed E-state index contributed by atoms with van der Waals surface area (Å²) in [6.45, 7) is 4.98. The van der Waals surface area contributed by atoms with Gasteiger partial charge in [0.05, 0.1) is 29.7 Å². The van der Waals surface area contributed by atoms with E-state index in [1.54, 1.807) is 0 Å². The predicted molar refractivity (Wildman–Crippen MR) is 95.9 cm³/mol. The van der Waals surface area contributed by atoms with Gasteiger partial charge in [-0.1, -0.05) is 30.3 Å². The molecule has 0 bridgehead atoms. The standard InChI is InChI=1S/C18H23N3O3S/c1-13-17(10-19-18(22)16-8-9-25(23,24)12-16)14(2)21(20-13)11-15-6-4-3-5-7-15/h3-7,16H,8-12H2,1-2H3,(H,19,22)/t16-/m1/s1. The average molecular weight is 361 g/mol. The SMILES string of the molecule is Cc1nn(Cc2ccccc2)c(C)c1CNC(=O)[C@@H]1CCS(=O)(=O)C1. The van der Waals surface area contributed by atoms with Crippen LogP contribution in [0.4, 0.5) is 0 Å². The van der Waals surface area contributed by atoms with Gasteiger partial charge in [-0.15, -0.1) is 0 Å². The summed E-state index contributed by atoms with van der Waals surface area (Å²) in [5.41, 5.74) is 4.05. The third-order valence-corrected chi connectivity index (χ3v) is 6.52. The van der Waals surface area contributed by atoms with Crippen LogP contribution in [0.15, 0.2) is 30.3 Å². The molecule has 25 heavy (non-hydrogen) atoms. The Morgan fingerprint density at radius 3 is 2.64 bits per heavy atom. The lowest BCUT2D eigenvalue weighted by atomic mass is 10.1. The summed E-state index contributed by atoms with van der Waals surface area (Å²) in [5.74, 6) is -0.539. The first kappa shape index (κ1) is 17.7. The fourth-order valence-electron chi connectivity index (χ4n) is 3.22. The van der Waals surface area contributed by atoms with Crippen molar-refractivity contribution in [2.45, 2.75) is 33.4 Å². The quantitative estimate of drug-likeness (QED) is 0.877. The molecule has 0 aliphatic carbocycles. The summed E-state index contributed by atoms with van der Waals surface area (Å²) in [6, 6.07) is 10.1. The molecule has 7 heteroatoms. The second kappa shape index (κ2) is 7.00. The number of rotatable bonds is 5. The number of aromatic nitrogens is 2. The van der Waals surface area contributed by atoms with Gasteiger partial charge in [0.2, 0.25) is 5.91 Å². The van der Waals surface area contributed by atoms with Crippen molar-refractivity contribution in [1.29, 1.82) is 0 Å². The smallest absolute Gasteiger partial charge is 0.224 e. The number of carbonyl (C=O) groups is 1. The molecule has 1 N–H and O–H groups in total. The molecular weight excluding hydrogens is 338 g/mol. The first-order valence-corrected chi connectivity index (χ1v) is 10.2. The Morgan fingerprint density at radius 2 is 2.00 bits per heavy atom. The van der Waals surface area contributed by atoms with Crippen LogP contribution < -0.4 is 5.32 Å². The van der Waals surface area contributed by atoms with E-state index in [1.807, 2.05) is 36.7 Å². The fraction of sp³-hybridized carbons (Fsp3) is 0.444. The van der Waals surface area contributed by atoms with Crippen molar-refractivity contribution in [3.8, 4) is 0 Å². The summed E-state index contributed by atoms with van der Waals surface area (Å²) < 4.78 is 25.0. The van der Waals surface area contributed by atoms with Gasteiger partial charge in [0.1, 0.15) is 0 Å². The highest BCUT2D eigenvalue weighted by molar-refractivity contribution is 7.91. The Morgan fingerprint density at radius 1 is 1.28 bits per heavy atom. The summed E-state index contributed by atoms with van der Waals surface area (Å²) in [6.07, 6.45) is 0.416. The maximum Gasteiger partial charge on any atom is 0.224 e. The van der Waals surface area contributed by atoms with E-state index in [1.165, 1.54) is 5.56 Å². The highest BCUT2D eigenvalue weighted by Crippen LogP contribution is 2.19. The number of hydrogen-bond donors (Lipinski definition) is 1. The molecule has 0 saturated carbocycles. The molecule has 0 radical (unpaired) electrons. The first-order chi connectivity index (χ1) is 11.9. The molecular formula is C18H23N3O3S. The number of aryl methyl sites for hydroxylation is 1. The van der Waals surface area contributed by atoms with E-state index in [0.717, 1.165) is 17.0 Å². The molecule has 1 atom stereocenters. The Hall–Kier alpha value is -2.15. The van der Waals surface area contributed by atoms with Gasteiger partial charge in [-0.25, -0.2) is 8.42 Å². The van der Waals surface area contributed by atoms with E-state index in [4.69, 9.17) is 0 Å². The summed E-state index contributed by atoms with van der Waals surface area (Å²) in [5, 5.41) is 7.45. The monoisotopic (exact) mass is 361 g/mol. The molecule has 3 rings (SSSR count). The largest absolute Gasteiger partial charge is 0.352 e. The maximum atomic E-state index is 12.2. The molecule has 1 fully saturated rings. The predicted octanol–water partition coefficient (Wildman–Crippen LogP) is 1.60. The molecule has 1 saturated heterocycles. The van der Waals surface area contributed by atoms with E-state index >= 15 is 0 Å². The number of amides is 1. The van der Waals surface area contributed by atoms with Crippen LogP contribution in [0.3, 0.4) is 0 Å². The van der Waals surface area contributed by atoms with Crippen molar-refractivity contribution in [2.24, 2.45) is 5.92 Å². The Labute approximate surface area is 148 Å². The van der Waals surface area contributed by atoms with Crippen LogP contribution in [0.2, 0.25) is 0 Å². The van der Waals surface area contributed by atoms with Crippen LogP contribution in [0, 0.1) is 19.8 Å². The van der Waals surface area contributed by atoms with Crippen molar-refractivity contribution >= 4 is 15.7 Å². The van der Waals surface area contributed by atoms with E-state index < -0.39 is 15.8 Å². The molecule has 1 amide bonds. The zero-order valence-corrected chi connectivity index (χ0v) is 15.3. The van der Waals surface area contributed by atoms with Crippen LogP contribution in [0.5, 0.6) is 0 Å². The molecule has 1 aliphatic heterocycles. The third-order valence-electron chi connectivity index (χ3n) is 4.75. The maximum absolute atomic E-state index is 12.2. The van der Waals surface area contributed by atoms with E-state index in [-0.39, 0.29) is 17.4 Å². The Balaban J connectivity index is 1.66. The van der Waals surface area contributed by atoms with Crippen molar-refractivity contribution in [1.82, 2.24) is 15.1 Å². The second-order valence-electron chi connectivity index (χ2n) is 6.61. The van der Waals surface area contributed by atoms with Crippen LogP contribution in [0.25, 0.3) is 0 Å². The van der Waals surface area contributed by atoms with Crippen molar-refractivity contribution in [3.05, 3.63) is 52.8 Å². The Kier molecular flexibility index (Phi) is 4.94. The molecule has 0 unspecified atom stereocenters. The number of nitrogens with one attached hydrogen (secondary N) is 1. The van der Waals surface area contributed by atoms with Gasteiger partial charge >= 0.3 is 0 Å². The molecule has 2 heterocycles. The lowest BCUT2D eigenvalue weighted by Crippen LogP contribution is -2.31. The minimum absolute atomic E-state index is 0.0376. The number of nitrogens with zero attached hydrogens (tertiary/aromatic N) is 2. The van der Waals surface area contributed by atoms with Crippen LogP contribution in [-0.4, -0.2) is 35.6 Å². The molecule has 2 aromatic rings. The minimum atomic E-state index is -3.05. The number of sulfone groups is 1. The fourth-order valence-corrected chi connectivity index (χ4v) is 4.96. The average Bonchev–Trinajstić information content (AvgIpc) is 3.06. The minimum Gasteiger partial charge on any atom is -0.352 e. The zero-order chi connectivity index (χ0) is 18.0. The molecule has 1 aromatic carbocycles. The molecule has 1 aromatic heterocycles. The van der Waals surface area contributed by atoms with Crippen molar-refractivity contribution < 1.29 is 13.2 Å². The van der Waals surface area contributed by atoms with E-state index in [2.05, 4.69) is 22.5 Å². The topological polar surface area (TPSA) is 81.1 Å². The first-order valence-electron chi connectivity index (χ1n) is 8.40. The van der Waals surface area contributed by atoms with Gasteiger partial charge in [-0.3, -0.25) is 9.48 Å². The van der Waals surface area contributed by atoms with E-state index in [0.29, 0.717) is 19.5 Å². The normalized spacial score (nSPS) is 19.0. The van der Waals surface area contributed by atoms with Crippen molar-refractivity contribution in [2.75, 3.05) is 11.5 Å². The number of hydrogen-bond acceptors (Lipinski definition) is 4. The Bertz CT molecular complexity index is 872. The van der Waals surface area contributed by atoms with Gasteiger partial charge in [-0.05, 0) is 25.8 Å². The van der Waals surface area contributed by atoms with Crippen LogP contribution in [0.1, 0.15) is 28.9 Å². The second-order valence-corrected chi connectivity index (χ2v) is 8.84. The van der Waals surface area contributed by atoms with Crippen molar-refractivity contribution in [3.63, 3.8) is 0 Å². The van der Waals surface area contributed by atoms with Crippen LogP contribution >= 0.6 is 0 Å². The zero-order valence-electron chi connectivity index (χ0n) is 14.5. The van der Waals surface area contributed by atoms with Crippen LogP contribution in [-0.2, 0) is 27.7 Å². The van der Waals surface area contributed by atoms with Gasteiger partial charge in [0, 0.05) is 17.8 Å². The molecule has 1 aliphatic rings. The molecule has 134 valence electrons. The lowest BCUT2D eigenvalue weighted by Gasteiger charge is -2.10. The number of carbonyl (C=O) groups excluding carboxylic acids is 1. The van der Waals surface area contributed by atoms with Gasteiger partial charge < -0.3 is 5.32 Å².